The molecule has 0 aliphatic heterocycles. The molecule has 2 rings (SSSR count). The number of hydrogen-bond donors (Lipinski definition) is 2. The lowest BCUT2D eigenvalue weighted by molar-refractivity contribution is -0.384. The number of carbonyl (C=O) groups is 1. The van der Waals surface area contributed by atoms with Gasteiger partial charge < -0.3 is 10.1 Å². The fourth-order valence-corrected chi connectivity index (χ4v) is 3.82. The van der Waals surface area contributed by atoms with Crippen molar-refractivity contribution in [2.24, 2.45) is 0 Å². The Morgan fingerprint density at radius 2 is 1.93 bits per heavy atom. The minimum Gasteiger partial charge on any atom is -0.495 e. The third kappa shape index (κ3) is 4.97. The molecule has 1 amide bonds. The van der Waals surface area contributed by atoms with Gasteiger partial charge in [-0.3, -0.25) is 14.9 Å². The van der Waals surface area contributed by atoms with Gasteiger partial charge in [-0.25, -0.2) is 8.42 Å². The summed E-state index contributed by atoms with van der Waals surface area (Å²) in [5.74, 6) is -0.362. The lowest BCUT2D eigenvalue weighted by Crippen LogP contribution is -2.41. The first kappa shape index (κ1) is 21.6. The average molecular weight is 428 g/mol. The van der Waals surface area contributed by atoms with Gasteiger partial charge in [0, 0.05) is 12.1 Å². The number of nitro groups is 1. The van der Waals surface area contributed by atoms with Crippen LogP contribution >= 0.6 is 11.6 Å². The van der Waals surface area contributed by atoms with Gasteiger partial charge in [0.05, 0.1) is 33.7 Å². The molecule has 0 saturated carbocycles. The van der Waals surface area contributed by atoms with Gasteiger partial charge >= 0.3 is 0 Å². The van der Waals surface area contributed by atoms with Gasteiger partial charge in [0.1, 0.15) is 5.75 Å². The Morgan fingerprint density at radius 1 is 1.25 bits per heavy atom. The molecule has 0 radical (unpaired) electrons. The predicted octanol–water partition coefficient (Wildman–Crippen LogP) is 2.87. The number of carbonyl (C=O) groups excluding carboxylic acids is 1. The molecule has 0 aliphatic rings. The Kier molecular flexibility index (Phi) is 6.60. The lowest BCUT2D eigenvalue weighted by Gasteiger charge is -2.16. The van der Waals surface area contributed by atoms with E-state index in [2.05, 4.69) is 10.0 Å². The zero-order chi connectivity index (χ0) is 21.1. The predicted molar refractivity (Wildman–Crippen MR) is 104 cm³/mol. The number of amides is 1. The van der Waals surface area contributed by atoms with Crippen molar-refractivity contribution in [2.45, 2.75) is 24.8 Å². The van der Waals surface area contributed by atoms with Crippen molar-refractivity contribution in [1.82, 2.24) is 4.72 Å². The number of sulfonamides is 1. The van der Waals surface area contributed by atoms with Crippen molar-refractivity contribution in [2.75, 3.05) is 12.4 Å². The molecule has 11 heteroatoms. The molecule has 0 spiro atoms. The van der Waals surface area contributed by atoms with E-state index in [4.69, 9.17) is 16.3 Å². The molecule has 0 saturated heterocycles. The summed E-state index contributed by atoms with van der Waals surface area (Å²) < 4.78 is 32.2. The number of rotatable bonds is 7. The van der Waals surface area contributed by atoms with Gasteiger partial charge in [0.2, 0.25) is 15.9 Å². The second kappa shape index (κ2) is 8.55. The summed E-state index contributed by atoms with van der Waals surface area (Å²) in [6.45, 7) is 3.01. The molecule has 28 heavy (non-hydrogen) atoms. The van der Waals surface area contributed by atoms with Gasteiger partial charge in [-0.2, -0.15) is 4.72 Å². The van der Waals surface area contributed by atoms with E-state index in [-0.39, 0.29) is 21.3 Å². The van der Waals surface area contributed by atoms with E-state index < -0.39 is 26.9 Å². The van der Waals surface area contributed by atoms with Crippen LogP contribution in [0.4, 0.5) is 11.4 Å². The standard InChI is InChI=1S/C17H18ClN3O6S/c1-10-4-5-12(21(23)24)8-15(10)19-17(22)11(2)20-28(25,26)13-6-7-16(27-3)14(18)9-13/h4-9,11,20H,1-3H3,(H,19,22). The number of halogens is 1. The number of methoxy groups -OCH3 is 1. The summed E-state index contributed by atoms with van der Waals surface area (Å²) in [4.78, 5) is 22.5. The summed E-state index contributed by atoms with van der Waals surface area (Å²) in [7, 11) is -2.64. The Morgan fingerprint density at radius 3 is 2.50 bits per heavy atom. The zero-order valence-electron chi connectivity index (χ0n) is 15.2. The number of nitrogens with one attached hydrogen (secondary N) is 2. The van der Waals surface area contributed by atoms with Crippen molar-refractivity contribution in [3.8, 4) is 5.75 Å². The number of anilines is 1. The first-order valence-electron chi connectivity index (χ1n) is 7.97. The van der Waals surface area contributed by atoms with Gasteiger partial charge in [0.15, 0.2) is 0 Å². The highest BCUT2D eigenvalue weighted by molar-refractivity contribution is 7.89. The Hall–Kier alpha value is -2.69. The van der Waals surface area contributed by atoms with E-state index in [1.807, 2.05) is 0 Å². The minimum atomic E-state index is -4.04. The van der Waals surface area contributed by atoms with Crippen molar-refractivity contribution in [1.29, 1.82) is 0 Å². The van der Waals surface area contributed by atoms with Gasteiger partial charge in [0.25, 0.3) is 5.69 Å². The topological polar surface area (TPSA) is 128 Å². The molecular weight excluding hydrogens is 410 g/mol. The Labute approximate surface area is 166 Å². The van der Waals surface area contributed by atoms with Gasteiger partial charge in [-0.1, -0.05) is 17.7 Å². The smallest absolute Gasteiger partial charge is 0.271 e. The maximum atomic E-state index is 12.5. The highest BCUT2D eigenvalue weighted by Crippen LogP contribution is 2.27. The molecule has 150 valence electrons. The number of nitrogens with zero attached hydrogens (tertiary/aromatic N) is 1. The largest absolute Gasteiger partial charge is 0.495 e. The number of non-ortho nitro benzene ring substituents is 1. The van der Waals surface area contributed by atoms with E-state index >= 15 is 0 Å². The molecule has 0 bridgehead atoms. The molecule has 1 atom stereocenters. The number of benzene rings is 2. The summed E-state index contributed by atoms with van der Waals surface area (Å²) in [5.41, 5.74) is 0.621. The van der Waals surface area contributed by atoms with E-state index in [1.54, 1.807) is 6.92 Å². The van der Waals surface area contributed by atoms with Gasteiger partial charge in [-0.15, -0.1) is 0 Å². The van der Waals surface area contributed by atoms with Crippen LogP contribution < -0.4 is 14.8 Å². The van der Waals surface area contributed by atoms with E-state index in [1.165, 1.54) is 50.4 Å². The highest BCUT2D eigenvalue weighted by atomic mass is 35.5. The number of aryl methyl sites for hydroxylation is 1. The van der Waals surface area contributed by atoms with Crippen LogP contribution in [0.15, 0.2) is 41.3 Å². The van der Waals surface area contributed by atoms with Crippen molar-refractivity contribution < 1.29 is 22.9 Å². The van der Waals surface area contributed by atoms with Crippen LogP contribution in [-0.2, 0) is 14.8 Å². The monoisotopic (exact) mass is 427 g/mol. The lowest BCUT2D eigenvalue weighted by atomic mass is 10.1. The van der Waals surface area contributed by atoms with E-state index in [9.17, 15) is 23.3 Å². The van der Waals surface area contributed by atoms with Crippen molar-refractivity contribution in [3.63, 3.8) is 0 Å². The van der Waals surface area contributed by atoms with Crippen LogP contribution in [0.5, 0.6) is 5.75 Å². The van der Waals surface area contributed by atoms with Crippen molar-refractivity contribution in [3.05, 3.63) is 57.1 Å². The molecule has 0 fully saturated rings. The molecular formula is C17H18ClN3O6S. The van der Waals surface area contributed by atoms with Crippen LogP contribution in [0.2, 0.25) is 5.02 Å². The second-order valence-corrected chi connectivity index (χ2v) is 8.01. The number of hydrogen-bond acceptors (Lipinski definition) is 6. The summed E-state index contributed by atoms with van der Waals surface area (Å²) in [6, 6.07) is 6.75. The first-order valence-corrected chi connectivity index (χ1v) is 9.83. The van der Waals surface area contributed by atoms with Gasteiger partial charge in [-0.05, 0) is 37.6 Å². The second-order valence-electron chi connectivity index (χ2n) is 5.88. The maximum absolute atomic E-state index is 12.5. The molecule has 1 unspecified atom stereocenters. The third-order valence-electron chi connectivity index (χ3n) is 3.85. The first-order chi connectivity index (χ1) is 13.0. The molecule has 0 aliphatic carbocycles. The number of ether oxygens (including phenoxy) is 1. The average Bonchev–Trinajstić information content (AvgIpc) is 2.62. The Bertz CT molecular complexity index is 1030. The maximum Gasteiger partial charge on any atom is 0.271 e. The van der Waals surface area contributed by atoms with E-state index in [0.29, 0.717) is 11.3 Å². The highest BCUT2D eigenvalue weighted by Gasteiger charge is 2.23. The fourth-order valence-electron chi connectivity index (χ4n) is 2.27. The summed E-state index contributed by atoms with van der Waals surface area (Å²) >= 11 is 5.95. The summed E-state index contributed by atoms with van der Waals surface area (Å²) in [5, 5.41) is 13.5. The molecule has 0 aromatic heterocycles. The van der Waals surface area contributed by atoms with Crippen LogP contribution in [0.3, 0.4) is 0 Å². The van der Waals surface area contributed by atoms with Crippen LogP contribution in [-0.4, -0.2) is 32.4 Å². The normalized spacial score (nSPS) is 12.3. The molecule has 2 aromatic rings. The quantitative estimate of drug-likeness (QED) is 0.516. The fraction of sp³-hybridized carbons (Fsp3) is 0.235. The molecule has 9 nitrogen and oxygen atoms in total. The summed E-state index contributed by atoms with van der Waals surface area (Å²) in [6.07, 6.45) is 0. The third-order valence-corrected chi connectivity index (χ3v) is 5.68. The van der Waals surface area contributed by atoms with Crippen LogP contribution in [0.25, 0.3) is 0 Å². The molecule has 2 N–H and O–H groups in total. The molecule has 2 aromatic carbocycles. The van der Waals surface area contributed by atoms with E-state index in [0.717, 1.165) is 0 Å². The van der Waals surface area contributed by atoms with Crippen LogP contribution in [0.1, 0.15) is 12.5 Å². The van der Waals surface area contributed by atoms with Crippen LogP contribution in [0, 0.1) is 17.0 Å². The molecule has 0 heterocycles. The number of nitro benzene ring substituents is 1. The van der Waals surface area contributed by atoms with Crippen molar-refractivity contribution >= 4 is 38.9 Å². The Balaban J connectivity index is 2.16. The minimum absolute atomic E-state index is 0.106. The zero-order valence-corrected chi connectivity index (χ0v) is 16.8. The SMILES string of the molecule is COc1ccc(S(=O)(=O)NC(C)C(=O)Nc2cc([N+](=O)[O-])ccc2C)cc1Cl.